The van der Waals surface area contributed by atoms with Crippen molar-refractivity contribution in [2.24, 2.45) is 5.73 Å². The van der Waals surface area contributed by atoms with E-state index in [1.165, 1.54) is 42.7 Å². The molecule has 2 nitrogen and oxygen atoms in total. The number of hydrogen-bond acceptors (Lipinski definition) is 3. The van der Waals surface area contributed by atoms with Gasteiger partial charge in [0.2, 0.25) is 0 Å². The van der Waals surface area contributed by atoms with Crippen LogP contribution in [0.25, 0.3) is 0 Å². The number of hydrogen-bond donors (Lipinski definition) is 1. The van der Waals surface area contributed by atoms with Crippen molar-refractivity contribution in [2.75, 3.05) is 6.54 Å². The molecule has 1 fully saturated rings. The van der Waals surface area contributed by atoms with E-state index in [1.807, 2.05) is 5.51 Å². The first-order valence-corrected chi connectivity index (χ1v) is 6.27. The summed E-state index contributed by atoms with van der Waals surface area (Å²) in [5.41, 5.74) is 9.40. The topological polar surface area (TPSA) is 38.9 Å². The molecule has 14 heavy (non-hydrogen) atoms. The first kappa shape index (κ1) is 10.1. The summed E-state index contributed by atoms with van der Waals surface area (Å²) in [6.45, 7) is 2.90. The lowest BCUT2D eigenvalue weighted by molar-refractivity contribution is 0.304. The molecule has 1 aromatic rings. The molecule has 3 heteroatoms. The van der Waals surface area contributed by atoms with Gasteiger partial charge in [0.25, 0.3) is 0 Å². The van der Waals surface area contributed by atoms with E-state index in [1.54, 1.807) is 11.3 Å². The first-order chi connectivity index (χ1) is 6.78. The minimum Gasteiger partial charge on any atom is -0.330 e. The second-order valence-corrected chi connectivity index (χ2v) is 5.17. The lowest BCUT2D eigenvalue weighted by Gasteiger charge is -2.35. The smallest absolute Gasteiger partial charge is 0.0797 e. The van der Waals surface area contributed by atoms with E-state index >= 15 is 0 Å². The molecule has 0 atom stereocenters. The highest BCUT2D eigenvalue weighted by atomic mass is 32.1. The van der Waals surface area contributed by atoms with Gasteiger partial charge in [0, 0.05) is 16.8 Å². The Kier molecular flexibility index (Phi) is 2.88. The summed E-state index contributed by atoms with van der Waals surface area (Å²) in [6.07, 6.45) is 6.54. The average molecular weight is 210 g/mol. The van der Waals surface area contributed by atoms with E-state index in [-0.39, 0.29) is 5.41 Å². The van der Waals surface area contributed by atoms with Gasteiger partial charge in [-0.1, -0.05) is 19.3 Å². The fraction of sp³-hybridized carbons (Fsp3) is 0.727. The van der Waals surface area contributed by atoms with Crippen LogP contribution in [-0.4, -0.2) is 11.5 Å². The Morgan fingerprint density at radius 3 is 2.64 bits per heavy atom. The molecular weight excluding hydrogens is 192 g/mol. The largest absolute Gasteiger partial charge is 0.330 e. The lowest BCUT2D eigenvalue weighted by atomic mass is 9.72. The van der Waals surface area contributed by atoms with Gasteiger partial charge in [-0.05, 0) is 19.8 Å². The van der Waals surface area contributed by atoms with Crippen molar-refractivity contribution in [2.45, 2.75) is 44.4 Å². The van der Waals surface area contributed by atoms with Gasteiger partial charge in [-0.25, -0.2) is 4.98 Å². The predicted octanol–water partition coefficient (Wildman–Crippen LogP) is 2.61. The van der Waals surface area contributed by atoms with Gasteiger partial charge >= 0.3 is 0 Å². The van der Waals surface area contributed by atoms with Gasteiger partial charge in [0.05, 0.1) is 11.2 Å². The second-order valence-electron chi connectivity index (χ2n) is 4.31. The number of nitrogens with two attached hydrogens (primary N) is 1. The SMILES string of the molecule is Cc1ncsc1C1(CN)CCCCC1. The van der Waals surface area contributed by atoms with Gasteiger partial charge in [-0.15, -0.1) is 11.3 Å². The minimum absolute atomic E-state index is 0.267. The van der Waals surface area contributed by atoms with Crippen LogP contribution in [0.5, 0.6) is 0 Å². The molecule has 0 radical (unpaired) electrons. The summed E-state index contributed by atoms with van der Waals surface area (Å²) >= 11 is 1.79. The highest BCUT2D eigenvalue weighted by Gasteiger charge is 2.35. The molecule has 0 saturated heterocycles. The molecule has 0 aromatic carbocycles. The van der Waals surface area contributed by atoms with Gasteiger partial charge < -0.3 is 5.73 Å². The zero-order chi connectivity index (χ0) is 10.0. The van der Waals surface area contributed by atoms with E-state index in [0.29, 0.717) is 0 Å². The molecular formula is C11H18N2S. The van der Waals surface area contributed by atoms with Crippen LogP contribution in [0.4, 0.5) is 0 Å². The molecule has 0 spiro atoms. The summed E-state index contributed by atoms with van der Waals surface area (Å²) in [4.78, 5) is 5.79. The van der Waals surface area contributed by atoms with Crippen LogP contribution < -0.4 is 5.73 Å². The normalized spacial score (nSPS) is 21.0. The van der Waals surface area contributed by atoms with Crippen molar-refractivity contribution in [3.05, 3.63) is 16.1 Å². The Morgan fingerprint density at radius 1 is 1.43 bits per heavy atom. The molecule has 1 heterocycles. The Labute approximate surface area is 89.5 Å². The van der Waals surface area contributed by atoms with Gasteiger partial charge in [0.15, 0.2) is 0 Å². The number of nitrogens with zero attached hydrogens (tertiary/aromatic N) is 1. The minimum atomic E-state index is 0.267. The van der Waals surface area contributed by atoms with Crippen LogP contribution in [0.2, 0.25) is 0 Å². The van der Waals surface area contributed by atoms with Crippen LogP contribution in [0.1, 0.15) is 42.7 Å². The lowest BCUT2D eigenvalue weighted by Crippen LogP contribution is -2.36. The molecule has 1 aromatic heterocycles. The predicted molar refractivity (Wildman–Crippen MR) is 60.7 cm³/mol. The molecule has 1 aliphatic carbocycles. The summed E-state index contributed by atoms with van der Waals surface area (Å²) < 4.78 is 0. The average Bonchev–Trinajstić information content (AvgIpc) is 2.66. The van der Waals surface area contributed by atoms with E-state index in [4.69, 9.17) is 5.73 Å². The Bertz CT molecular complexity index is 300. The number of thiazole rings is 1. The summed E-state index contributed by atoms with van der Waals surface area (Å²) in [7, 11) is 0. The van der Waals surface area contributed by atoms with Crippen LogP contribution in [0.15, 0.2) is 5.51 Å². The second kappa shape index (κ2) is 3.99. The zero-order valence-electron chi connectivity index (χ0n) is 8.75. The number of rotatable bonds is 2. The van der Waals surface area contributed by atoms with E-state index in [2.05, 4.69) is 11.9 Å². The summed E-state index contributed by atoms with van der Waals surface area (Å²) in [5.74, 6) is 0. The molecule has 2 N–H and O–H groups in total. The van der Waals surface area contributed by atoms with Crippen molar-refractivity contribution >= 4 is 11.3 Å². The molecule has 1 aliphatic rings. The van der Waals surface area contributed by atoms with Crippen molar-refractivity contribution in [3.8, 4) is 0 Å². The molecule has 0 amide bonds. The molecule has 0 unspecified atom stereocenters. The van der Waals surface area contributed by atoms with Crippen molar-refractivity contribution < 1.29 is 0 Å². The fourth-order valence-electron chi connectivity index (χ4n) is 2.56. The van der Waals surface area contributed by atoms with Crippen LogP contribution in [-0.2, 0) is 5.41 Å². The Hall–Kier alpha value is -0.410. The van der Waals surface area contributed by atoms with E-state index < -0.39 is 0 Å². The molecule has 78 valence electrons. The van der Waals surface area contributed by atoms with Crippen LogP contribution in [0, 0.1) is 6.92 Å². The summed E-state index contributed by atoms with van der Waals surface area (Å²) in [5, 5.41) is 0. The van der Waals surface area contributed by atoms with Crippen LogP contribution in [0.3, 0.4) is 0 Å². The monoisotopic (exact) mass is 210 g/mol. The van der Waals surface area contributed by atoms with Gasteiger partial charge in [-0.2, -0.15) is 0 Å². The summed E-state index contributed by atoms with van der Waals surface area (Å²) in [6, 6.07) is 0. The molecule has 0 bridgehead atoms. The van der Waals surface area contributed by atoms with Crippen LogP contribution >= 0.6 is 11.3 Å². The quantitative estimate of drug-likeness (QED) is 0.815. The Balaban J connectivity index is 2.31. The maximum Gasteiger partial charge on any atom is 0.0797 e. The first-order valence-electron chi connectivity index (χ1n) is 5.39. The van der Waals surface area contributed by atoms with Gasteiger partial charge in [-0.3, -0.25) is 0 Å². The third kappa shape index (κ3) is 1.59. The third-order valence-electron chi connectivity index (χ3n) is 3.43. The fourth-order valence-corrected chi connectivity index (χ4v) is 3.64. The zero-order valence-corrected chi connectivity index (χ0v) is 9.57. The molecule has 1 saturated carbocycles. The van der Waals surface area contributed by atoms with E-state index in [0.717, 1.165) is 6.54 Å². The van der Waals surface area contributed by atoms with Gasteiger partial charge in [0.1, 0.15) is 0 Å². The maximum absolute atomic E-state index is 5.98. The highest BCUT2D eigenvalue weighted by molar-refractivity contribution is 7.09. The number of aromatic nitrogens is 1. The molecule has 0 aliphatic heterocycles. The number of aryl methyl sites for hydroxylation is 1. The van der Waals surface area contributed by atoms with E-state index in [9.17, 15) is 0 Å². The van der Waals surface area contributed by atoms with Crippen molar-refractivity contribution in [1.29, 1.82) is 0 Å². The highest BCUT2D eigenvalue weighted by Crippen LogP contribution is 2.41. The standard InChI is InChI=1S/C11H18N2S/c1-9-10(14-8-13-9)11(7-12)5-3-2-4-6-11/h8H,2-7,12H2,1H3. The molecule has 2 rings (SSSR count). The van der Waals surface area contributed by atoms with Crippen molar-refractivity contribution in [1.82, 2.24) is 4.98 Å². The third-order valence-corrected chi connectivity index (χ3v) is 4.60. The maximum atomic E-state index is 5.98. The Morgan fingerprint density at radius 2 is 2.14 bits per heavy atom. The van der Waals surface area contributed by atoms with Crippen molar-refractivity contribution in [3.63, 3.8) is 0 Å².